The van der Waals surface area contributed by atoms with Crippen LogP contribution in [0, 0.1) is 5.92 Å². The van der Waals surface area contributed by atoms with Crippen LogP contribution in [0.2, 0.25) is 0 Å². The highest BCUT2D eigenvalue weighted by Gasteiger charge is 2.33. The standard InChI is InChI=1S/C13H18N2O.ClH/c1-8(2)13(16)15-12-10-6-4-3-5-9(10)7-11(12)14;/h3-6,8,11-12H,7,14H2,1-2H3,(H,15,16);1H/t11-,12-;/m1./s1. The minimum atomic E-state index is 0. The molecule has 1 aromatic rings. The molecule has 2 atom stereocenters. The number of halogens is 1. The zero-order valence-electron chi connectivity index (χ0n) is 10.2. The van der Waals surface area contributed by atoms with E-state index in [9.17, 15) is 4.79 Å². The molecule has 4 heteroatoms. The van der Waals surface area contributed by atoms with E-state index < -0.39 is 0 Å². The van der Waals surface area contributed by atoms with Gasteiger partial charge >= 0.3 is 0 Å². The van der Waals surface area contributed by atoms with Gasteiger partial charge in [-0.15, -0.1) is 0 Å². The van der Waals surface area contributed by atoms with Crippen molar-refractivity contribution in [1.29, 1.82) is 0 Å². The maximum Gasteiger partial charge on any atom is 0.223 e. The number of quaternary nitrogens is 1. The van der Waals surface area contributed by atoms with Crippen LogP contribution in [0.25, 0.3) is 0 Å². The van der Waals surface area contributed by atoms with Gasteiger partial charge in [0.05, 0.1) is 0 Å². The van der Waals surface area contributed by atoms with Crippen LogP contribution < -0.4 is 23.5 Å². The second-order valence-electron chi connectivity index (χ2n) is 4.80. The lowest BCUT2D eigenvalue weighted by molar-refractivity contribution is -0.423. The van der Waals surface area contributed by atoms with Gasteiger partial charge in [0.2, 0.25) is 5.91 Å². The zero-order valence-corrected chi connectivity index (χ0v) is 11.0. The fraction of sp³-hybridized carbons (Fsp3) is 0.462. The summed E-state index contributed by atoms with van der Waals surface area (Å²) in [6.45, 7) is 3.82. The number of hydrogen-bond acceptors (Lipinski definition) is 1. The first-order valence-corrected chi connectivity index (χ1v) is 5.81. The van der Waals surface area contributed by atoms with Gasteiger partial charge in [-0.25, -0.2) is 0 Å². The Bertz CT molecular complexity index is 406. The van der Waals surface area contributed by atoms with Crippen LogP contribution >= 0.6 is 0 Å². The molecular formula is C13H19ClN2O. The third kappa shape index (κ3) is 2.79. The van der Waals surface area contributed by atoms with Crippen LogP contribution in [0.3, 0.4) is 0 Å². The second-order valence-corrected chi connectivity index (χ2v) is 4.80. The van der Waals surface area contributed by atoms with Gasteiger partial charge in [0.15, 0.2) is 0 Å². The Morgan fingerprint density at radius 1 is 1.41 bits per heavy atom. The topological polar surface area (TPSA) is 56.7 Å². The molecule has 0 bridgehead atoms. The Labute approximate surface area is 108 Å². The average Bonchev–Trinajstić information content (AvgIpc) is 2.55. The maximum atomic E-state index is 11.7. The fourth-order valence-electron chi connectivity index (χ4n) is 2.19. The highest BCUT2D eigenvalue weighted by Crippen LogP contribution is 2.29. The van der Waals surface area contributed by atoms with Gasteiger partial charge in [0, 0.05) is 12.3 Å². The van der Waals surface area contributed by atoms with Gasteiger partial charge in [0.1, 0.15) is 12.1 Å². The van der Waals surface area contributed by atoms with Crippen LogP contribution in [-0.4, -0.2) is 11.9 Å². The lowest BCUT2D eigenvalue weighted by Gasteiger charge is -2.17. The van der Waals surface area contributed by atoms with Crippen molar-refractivity contribution in [3.63, 3.8) is 0 Å². The minimum Gasteiger partial charge on any atom is -1.00 e. The van der Waals surface area contributed by atoms with E-state index in [1.165, 1.54) is 11.1 Å². The smallest absolute Gasteiger partial charge is 0.223 e. The fourth-order valence-corrected chi connectivity index (χ4v) is 2.19. The quantitative estimate of drug-likeness (QED) is 0.611. The highest BCUT2D eigenvalue weighted by atomic mass is 35.5. The molecule has 0 saturated carbocycles. The summed E-state index contributed by atoms with van der Waals surface area (Å²) in [6.07, 6.45) is 0.958. The summed E-state index contributed by atoms with van der Waals surface area (Å²) in [5.41, 5.74) is 6.68. The van der Waals surface area contributed by atoms with E-state index >= 15 is 0 Å². The van der Waals surface area contributed by atoms with Gasteiger partial charge in [0.25, 0.3) is 0 Å². The molecule has 0 unspecified atom stereocenters. The average molecular weight is 255 g/mol. The first kappa shape index (κ1) is 14.0. The van der Waals surface area contributed by atoms with Crippen LogP contribution in [0.5, 0.6) is 0 Å². The predicted molar refractivity (Wildman–Crippen MR) is 62.5 cm³/mol. The third-order valence-electron chi connectivity index (χ3n) is 3.17. The lowest BCUT2D eigenvalue weighted by Crippen LogP contribution is -3.00. The molecule has 1 aromatic carbocycles. The molecule has 1 amide bonds. The van der Waals surface area contributed by atoms with Crippen molar-refractivity contribution in [2.45, 2.75) is 32.4 Å². The molecule has 1 aliphatic rings. The Morgan fingerprint density at radius 3 is 2.71 bits per heavy atom. The van der Waals surface area contributed by atoms with Gasteiger partial charge < -0.3 is 23.5 Å². The summed E-state index contributed by atoms with van der Waals surface area (Å²) in [6, 6.07) is 8.61. The largest absolute Gasteiger partial charge is 1.00 e. The predicted octanol–water partition coefficient (Wildman–Crippen LogP) is -2.33. The lowest BCUT2D eigenvalue weighted by atomic mass is 10.1. The second kappa shape index (κ2) is 5.52. The molecule has 0 aromatic heterocycles. The van der Waals surface area contributed by atoms with Gasteiger partial charge in [-0.05, 0) is 11.1 Å². The van der Waals surface area contributed by atoms with Crippen LogP contribution in [0.1, 0.15) is 31.0 Å². The van der Waals surface area contributed by atoms with Crippen LogP contribution in [-0.2, 0) is 11.2 Å². The monoisotopic (exact) mass is 254 g/mol. The van der Waals surface area contributed by atoms with Crippen molar-refractivity contribution in [3.05, 3.63) is 35.4 Å². The molecule has 0 aliphatic heterocycles. The Balaban J connectivity index is 0.00000144. The molecule has 0 heterocycles. The molecule has 17 heavy (non-hydrogen) atoms. The zero-order chi connectivity index (χ0) is 11.7. The van der Waals surface area contributed by atoms with Crippen molar-refractivity contribution in [2.24, 2.45) is 5.92 Å². The number of benzene rings is 1. The van der Waals surface area contributed by atoms with Crippen molar-refractivity contribution < 1.29 is 22.9 Å². The van der Waals surface area contributed by atoms with Gasteiger partial charge in [-0.3, -0.25) is 4.79 Å². The summed E-state index contributed by atoms with van der Waals surface area (Å²) in [4.78, 5) is 11.7. The van der Waals surface area contributed by atoms with E-state index in [1.807, 2.05) is 26.0 Å². The molecule has 4 N–H and O–H groups in total. The Kier molecular flexibility index (Phi) is 4.54. The van der Waals surface area contributed by atoms with E-state index in [0.29, 0.717) is 0 Å². The van der Waals surface area contributed by atoms with Gasteiger partial charge in [-0.1, -0.05) is 38.1 Å². The third-order valence-corrected chi connectivity index (χ3v) is 3.17. The van der Waals surface area contributed by atoms with Crippen LogP contribution in [0.15, 0.2) is 24.3 Å². The maximum absolute atomic E-state index is 11.7. The normalized spacial score (nSPS) is 21.9. The van der Waals surface area contributed by atoms with Crippen molar-refractivity contribution in [2.75, 3.05) is 0 Å². The number of amides is 1. The van der Waals surface area contributed by atoms with E-state index in [2.05, 4.69) is 23.2 Å². The molecule has 1 aliphatic carbocycles. The number of nitrogens with one attached hydrogen (secondary N) is 1. The molecule has 0 fully saturated rings. The summed E-state index contributed by atoms with van der Waals surface area (Å²) in [7, 11) is 0. The number of carbonyl (C=O) groups excluding carboxylic acids is 1. The first-order valence-electron chi connectivity index (χ1n) is 5.81. The SMILES string of the molecule is CC(C)C(=O)N[C@@H]1c2ccccc2C[C@H]1[NH3+].[Cl-]. The number of fused-ring (bicyclic) bond motifs is 1. The molecule has 2 rings (SSSR count). The van der Waals surface area contributed by atoms with Crippen molar-refractivity contribution >= 4 is 5.91 Å². The van der Waals surface area contributed by atoms with Crippen LogP contribution in [0.4, 0.5) is 0 Å². The first-order chi connectivity index (χ1) is 7.59. The minimum absolute atomic E-state index is 0. The molecule has 0 radical (unpaired) electrons. The summed E-state index contributed by atoms with van der Waals surface area (Å²) >= 11 is 0. The summed E-state index contributed by atoms with van der Waals surface area (Å²) in [5.74, 6) is 0.135. The Morgan fingerprint density at radius 2 is 2.06 bits per heavy atom. The number of hydrogen-bond donors (Lipinski definition) is 2. The molecule has 94 valence electrons. The molecular weight excluding hydrogens is 236 g/mol. The molecule has 0 spiro atoms. The van der Waals surface area contributed by atoms with E-state index in [0.717, 1.165) is 6.42 Å². The van der Waals surface area contributed by atoms with E-state index in [4.69, 9.17) is 0 Å². The molecule has 3 nitrogen and oxygen atoms in total. The number of rotatable bonds is 2. The summed E-state index contributed by atoms with van der Waals surface area (Å²) in [5, 5.41) is 3.08. The summed E-state index contributed by atoms with van der Waals surface area (Å²) < 4.78 is 0. The van der Waals surface area contributed by atoms with E-state index in [1.54, 1.807) is 0 Å². The molecule has 0 saturated heterocycles. The van der Waals surface area contributed by atoms with Crippen molar-refractivity contribution in [1.82, 2.24) is 5.32 Å². The van der Waals surface area contributed by atoms with E-state index in [-0.39, 0.29) is 36.3 Å². The highest BCUT2D eigenvalue weighted by molar-refractivity contribution is 5.78. The van der Waals surface area contributed by atoms with Crippen molar-refractivity contribution in [3.8, 4) is 0 Å². The van der Waals surface area contributed by atoms with Gasteiger partial charge in [-0.2, -0.15) is 0 Å². The number of carbonyl (C=O) groups is 1. The Hall–Kier alpha value is -1.06.